The van der Waals surface area contributed by atoms with Crippen LogP contribution >= 0.6 is 11.3 Å². The number of rotatable bonds is 9. The average molecular weight is 503 g/mol. The topological polar surface area (TPSA) is 102 Å². The van der Waals surface area contributed by atoms with Gasteiger partial charge in [0.25, 0.3) is 11.8 Å². The first-order chi connectivity index (χ1) is 16.1. The third-order valence-corrected chi connectivity index (χ3v) is 7.98. The minimum absolute atomic E-state index is 0.147. The van der Waals surface area contributed by atoms with Gasteiger partial charge in [0.1, 0.15) is 11.3 Å². The highest BCUT2D eigenvalue weighted by Gasteiger charge is 2.41. The summed E-state index contributed by atoms with van der Waals surface area (Å²) in [6, 6.07) is 11.6. The highest BCUT2D eigenvalue weighted by atomic mass is 32.2. The lowest BCUT2D eigenvalue weighted by molar-refractivity contribution is -0.124. The standard InChI is InChI=1S/C25H30N2O5S2/c1-4-5-14-32-18-10-8-17(9-11-18)25(2)15-19(21-13-12-20(33-21)16-6-7-16)22(23(28)26-25)24(29)27-34(3,30)31/h8-13,16H,4-7,14-15H2,1-3H3,(H,26,28)(H,27,29). The van der Waals surface area contributed by atoms with Crippen molar-refractivity contribution in [1.82, 2.24) is 10.0 Å². The van der Waals surface area contributed by atoms with Crippen molar-refractivity contribution in [1.29, 1.82) is 0 Å². The van der Waals surface area contributed by atoms with Crippen LogP contribution < -0.4 is 14.8 Å². The summed E-state index contributed by atoms with van der Waals surface area (Å²) in [6.45, 7) is 4.67. The Hall–Kier alpha value is -2.65. The molecule has 2 amide bonds. The minimum Gasteiger partial charge on any atom is -0.494 e. The molecule has 0 bridgehead atoms. The van der Waals surface area contributed by atoms with E-state index in [-0.39, 0.29) is 5.57 Å². The molecule has 182 valence electrons. The molecule has 0 saturated heterocycles. The lowest BCUT2D eigenvalue weighted by Crippen LogP contribution is -2.50. The second kappa shape index (κ2) is 9.54. The van der Waals surface area contributed by atoms with E-state index in [1.807, 2.05) is 48.0 Å². The van der Waals surface area contributed by atoms with Gasteiger partial charge in [0, 0.05) is 16.2 Å². The van der Waals surface area contributed by atoms with Crippen LogP contribution in [0.5, 0.6) is 5.75 Å². The van der Waals surface area contributed by atoms with Crippen molar-refractivity contribution in [3.8, 4) is 5.75 Å². The van der Waals surface area contributed by atoms with Gasteiger partial charge in [-0.05, 0) is 67.5 Å². The molecule has 2 aliphatic rings. The Bertz CT molecular complexity index is 1230. The van der Waals surface area contributed by atoms with Crippen molar-refractivity contribution in [3.63, 3.8) is 0 Å². The molecule has 1 aromatic carbocycles. The fourth-order valence-corrected chi connectivity index (χ4v) is 5.80. The van der Waals surface area contributed by atoms with Crippen LogP contribution in [0.1, 0.15) is 67.2 Å². The molecule has 2 N–H and O–H groups in total. The normalized spacial score (nSPS) is 20.7. The van der Waals surface area contributed by atoms with Crippen molar-refractivity contribution < 1.29 is 22.7 Å². The lowest BCUT2D eigenvalue weighted by Gasteiger charge is -2.37. The van der Waals surface area contributed by atoms with Crippen molar-refractivity contribution in [2.24, 2.45) is 0 Å². The van der Waals surface area contributed by atoms with Gasteiger partial charge in [-0.25, -0.2) is 13.1 Å². The predicted octanol–water partition coefficient (Wildman–Crippen LogP) is 4.07. The number of unbranched alkanes of at least 4 members (excludes halogenated alkanes) is 1. The number of sulfonamides is 1. The predicted molar refractivity (Wildman–Crippen MR) is 133 cm³/mol. The monoisotopic (exact) mass is 502 g/mol. The van der Waals surface area contributed by atoms with Crippen LogP contribution in [0.4, 0.5) is 0 Å². The van der Waals surface area contributed by atoms with Gasteiger partial charge in [-0.2, -0.15) is 0 Å². The Kier molecular flexibility index (Phi) is 6.87. The molecule has 1 aliphatic heterocycles. The van der Waals surface area contributed by atoms with E-state index in [2.05, 4.69) is 12.2 Å². The fraction of sp³-hybridized carbons (Fsp3) is 0.440. The molecule has 1 aliphatic carbocycles. The van der Waals surface area contributed by atoms with E-state index in [0.717, 1.165) is 48.1 Å². The maximum Gasteiger partial charge on any atom is 0.270 e. The van der Waals surface area contributed by atoms with E-state index >= 15 is 0 Å². The van der Waals surface area contributed by atoms with Crippen molar-refractivity contribution in [2.75, 3.05) is 12.9 Å². The molecule has 2 heterocycles. The first-order valence-corrected chi connectivity index (χ1v) is 14.2. The molecule has 1 atom stereocenters. The third kappa shape index (κ3) is 5.52. The Labute approximate surface area is 204 Å². The number of benzene rings is 1. The van der Waals surface area contributed by atoms with E-state index in [0.29, 0.717) is 24.5 Å². The van der Waals surface area contributed by atoms with E-state index in [4.69, 9.17) is 4.74 Å². The number of carbonyl (C=O) groups excluding carboxylic acids is 2. The molecular formula is C25H30N2O5S2. The smallest absolute Gasteiger partial charge is 0.270 e. The summed E-state index contributed by atoms with van der Waals surface area (Å²) in [6.07, 6.45) is 5.57. The molecule has 2 aromatic rings. The zero-order valence-electron chi connectivity index (χ0n) is 19.6. The van der Waals surface area contributed by atoms with Crippen LogP contribution in [0.2, 0.25) is 0 Å². The summed E-state index contributed by atoms with van der Waals surface area (Å²) in [4.78, 5) is 28.2. The quantitative estimate of drug-likeness (QED) is 0.398. The molecule has 0 spiro atoms. The van der Waals surface area contributed by atoms with Gasteiger partial charge >= 0.3 is 0 Å². The van der Waals surface area contributed by atoms with Gasteiger partial charge in [-0.1, -0.05) is 25.5 Å². The van der Waals surface area contributed by atoms with Gasteiger partial charge in [0.15, 0.2) is 0 Å². The SMILES string of the molecule is CCCCOc1ccc(C2(C)CC(c3ccc(C4CC4)s3)=C(C(=O)NS(C)(=O)=O)C(=O)N2)cc1. The zero-order chi connectivity index (χ0) is 24.5. The van der Waals surface area contributed by atoms with Gasteiger partial charge in [-0.15, -0.1) is 11.3 Å². The zero-order valence-corrected chi connectivity index (χ0v) is 21.3. The third-order valence-electron chi connectivity index (χ3n) is 6.12. The molecule has 9 heteroatoms. The first-order valence-electron chi connectivity index (χ1n) is 11.5. The molecule has 1 saturated carbocycles. The Morgan fingerprint density at radius 2 is 1.91 bits per heavy atom. The fourth-order valence-electron chi connectivity index (χ4n) is 4.14. The molecule has 0 radical (unpaired) electrons. The second-order valence-electron chi connectivity index (χ2n) is 9.22. The summed E-state index contributed by atoms with van der Waals surface area (Å²) < 4.78 is 31.1. The Morgan fingerprint density at radius 1 is 1.21 bits per heavy atom. The van der Waals surface area contributed by atoms with E-state index < -0.39 is 27.4 Å². The molecule has 1 unspecified atom stereocenters. The van der Waals surface area contributed by atoms with Gasteiger partial charge in [0.05, 0.1) is 18.4 Å². The number of nitrogens with one attached hydrogen (secondary N) is 2. The van der Waals surface area contributed by atoms with Gasteiger partial charge < -0.3 is 10.1 Å². The van der Waals surface area contributed by atoms with Gasteiger partial charge in [-0.3, -0.25) is 9.59 Å². The number of hydrogen-bond donors (Lipinski definition) is 2. The van der Waals surface area contributed by atoms with E-state index in [9.17, 15) is 18.0 Å². The van der Waals surface area contributed by atoms with Crippen molar-refractivity contribution in [2.45, 2.75) is 57.4 Å². The van der Waals surface area contributed by atoms with Crippen LogP contribution in [0.25, 0.3) is 5.57 Å². The number of amides is 2. The molecule has 7 nitrogen and oxygen atoms in total. The lowest BCUT2D eigenvalue weighted by atomic mass is 9.80. The summed E-state index contributed by atoms with van der Waals surface area (Å²) >= 11 is 1.57. The van der Waals surface area contributed by atoms with Crippen LogP contribution in [0, 0.1) is 0 Å². The van der Waals surface area contributed by atoms with Crippen molar-refractivity contribution >= 4 is 38.7 Å². The largest absolute Gasteiger partial charge is 0.494 e. The molecular weight excluding hydrogens is 472 g/mol. The molecule has 1 aromatic heterocycles. The molecule has 34 heavy (non-hydrogen) atoms. The van der Waals surface area contributed by atoms with Crippen LogP contribution in [-0.2, 0) is 25.2 Å². The number of ether oxygens (including phenoxy) is 1. The van der Waals surface area contributed by atoms with Crippen molar-refractivity contribution in [3.05, 3.63) is 57.3 Å². The number of hydrogen-bond acceptors (Lipinski definition) is 6. The second-order valence-corrected chi connectivity index (χ2v) is 12.1. The van der Waals surface area contributed by atoms with Crippen LogP contribution in [0.15, 0.2) is 42.0 Å². The number of carbonyl (C=O) groups is 2. The molecule has 1 fully saturated rings. The number of thiophene rings is 1. The average Bonchev–Trinajstić information content (AvgIpc) is 3.49. The van der Waals surface area contributed by atoms with E-state index in [1.54, 1.807) is 11.3 Å². The minimum atomic E-state index is -3.82. The maximum absolute atomic E-state index is 13.2. The highest BCUT2D eigenvalue weighted by Crippen LogP contribution is 2.47. The maximum atomic E-state index is 13.2. The highest BCUT2D eigenvalue weighted by molar-refractivity contribution is 7.89. The Balaban J connectivity index is 1.69. The van der Waals surface area contributed by atoms with Crippen LogP contribution in [0.3, 0.4) is 0 Å². The first kappa shape index (κ1) is 24.5. The van der Waals surface area contributed by atoms with E-state index in [1.165, 1.54) is 4.88 Å². The molecule has 4 rings (SSSR count). The summed E-state index contributed by atoms with van der Waals surface area (Å²) in [5, 5.41) is 2.95. The van der Waals surface area contributed by atoms with Crippen LogP contribution in [-0.4, -0.2) is 33.1 Å². The van der Waals surface area contributed by atoms with Gasteiger partial charge in [0.2, 0.25) is 10.0 Å². The summed E-state index contributed by atoms with van der Waals surface area (Å²) in [5.74, 6) is -0.191. The summed E-state index contributed by atoms with van der Waals surface area (Å²) in [7, 11) is -3.82. The summed E-state index contributed by atoms with van der Waals surface area (Å²) in [5.41, 5.74) is 0.523. The Morgan fingerprint density at radius 3 is 2.53 bits per heavy atom.